The van der Waals surface area contributed by atoms with Gasteiger partial charge in [-0.3, -0.25) is 4.90 Å². The normalized spacial score (nSPS) is 26.0. The third-order valence-electron chi connectivity index (χ3n) is 5.12. The molecule has 3 atom stereocenters. The first-order valence-electron chi connectivity index (χ1n) is 8.63. The number of hydrogen-bond donors (Lipinski definition) is 2. The van der Waals surface area contributed by atoms with Crippen LogP contribution in [0.1, 0.15) is 36.6 Å². The number of carbonyl (C=O) groups excluding carboxylic acids is 1. The first kappa shape index (κ1) is 16.7. The Balaban J connectivity index is 1.49. The van der Waals surface area contributed by atoms with Crippen LogP contribution in [-0.2, 0) is 0 Å². The summed E-state index contributed by atoms with van der Waals surface area (Å²) in [6.07, 6.45) is 4.91. The Kier molecular flexibility index (Phi) is 5.56. The fourth-order valence-electron chi connectivity index (χ4n) is 3.84. The van der Waals surface area contributed by atoms with Gasteiger partial charge >= 0.3 is 6.03 Å². The van der Waals surface area contributed by atoms with Crippen molar-refractivity contribution in [2.45, 2.75) is 43.8 Å². The number of fused-ring (bicyclic) bond motifs is 1. The third-order valence-corrected chi connectivity index (χ3v) is 6.10. The van der Waals surface area contributed by atoms with E-state index in [-0.39, 0.29) is 12.1 Å². The van der Waals surface area contributed by atoms with E-state index in [0.717, 1.165) is 13.0 Å². The van der Waals surface area contributed by atoms with Crippen LogP contribution >= 0.6 is 11.3 Å². The summed E-state index contributed by atoms with van der Waals surface area (Å²) in [6.45, 7) is 2.97. The molecule has 2 aliphatic heterocycles. The molecular weight excluding hydrogens is 308 g/mol. The molecule has 1 aromatic heterocycles. The Labute approximate surface area is 143 Å². The minimum atomic E-state index is -0.0224. The van der Waals surface area contributed by atoms with Crippen LogP contribution in [0.5, 0.6) is 0 Å². The van der Waals surface area contributed by atoms with Crippen LogP contribution in [0.15, 0.2) is 17.5 Å². The number of urea groups is 1. The van der Waals surface area contributed by atoms with Gasteiger partial charge in [0.2, 0.25) is 0 Å². The first-order valence-corrected chi connectivity index (χ1v) is 9.51. The Morgan fingerprint density at radius 2 is 2.26 bits per heavy atom. The largest absolute Gasteiger partial charge is 0.336 e. The lowest BCUT2D eigenvalue weighted by molar-refractivity contribution is 0.178. The Bertz CT molecular complexity index is 505. The van der Waals surface area contributed by atoms with Crippen LogP contribution in [0, 0.1) is 0 Å². The monoisotopic (exact) mass is 336 g/mol. The lowest BCUT2D eigenvalue weighted by Gasteiger charge is -2.32. The van der Waals surface area contributed by atoms with Crippen molar-refractivity contribution >= 4 is 17.4 Å². The summed E-state index contributed by atoms with van der Waals surface area (Å²) >= 11 is 1.74. The molecule has 3 heterocycles. The molecule has 0 radical (unpaired) electrons. The molecular formula is C17H28N4OS. The highest BCUT2D eigenvalue weighted by Gasteiger charge is 2.36. The number of piperidine rings is 1. The number of thiophene rings is 1. The molecule has 2 N–H and O–H groups in total. The molecule has 0 spiro atoms. The van der Waals surface area contributed by atoms with Crippen molar-refractivity contribution in [3.63, 3.8) is 0 Å². The molecule has 5 nitrogen and oxygen atoms in total. The van der Waals surface area contributed by atoms with Crippen molar-refractivity contribution < 1.29 is 4.79 Å². The SMILES string of the molecule is CN(C)[C@H](CNC(=O)N[C@@H]1CCN2CCCC[C@@H]12)c1cccs1. The van der Waals surface area contributed by atoms with E-state index >= 15 is 0 Å². The third kappa shape index (κ3) is 4.05. The fourth-order valence-corrected chi connectivity index (χ4v) is 4.77. The van der Waals surface area contributed by atoms with Crippen molar-refractivity contribution in [1.29, 1.82) is 0 Å². The zero-order valence-corrected chi connectivity index (χ0v) is 14.9. The zero-order chi connectivity index (χ0) is 16.2. The molecule has 2 amide bonds. The molecule has 0 unspecified atom stereocenters. The molecule has 0 bridgehead atoms. The number of amides is 2. The average Bonchev–Trinajstić information content (AvgIpc) is 3.18. The molecule has 2 saturated heterocycles. The van der Waals surface area contributed by atoms with Crippen LogP contribution in [0.4, 0.5) is 4.79 Å². The second-order valence-electron chi connectivity index (χ2n) is 6.84. The Morgan fingerprint density at radius 1 is 1.39 bits per heavy atom. The summed E-state index contributed by atoms with van der Waals surface area (Å²) < 4.78 is 0. The summed E-state index contributed by atoms with van der Waals surface area (Å²) in [5, 5.41) is 8.37. The van der Waals surface area contributed by atoms with Gasteiger partial charge in [0.15, 0.2) is 0 Å². The summed E-state index contributed by atoms with van der Waals surface area (Å²) in [5.41, 5.74) is 0. The van der Waals surface area contributed by atoms with Gasteiger partial charge in [0.05, 0.1) is 6.04 Å². The van der Waals surface area contributed by atoms with Crippen LogP contribution in [0.25, 0.3) is 0 Å². The van der Waals surface area contributed by atoms with E-state index in [1.165, 1.54) is 30.7 Å². The molecule has 0 aliphatic carbocycles. The molecule has 2 aliphatic rings. The molecule has 1 aromatic rings. The van der Waals surface area contributed by atoms with Gasteiger partial charge in [-0.2, -0.15) is 0 Å². The van der Waals surface area contributed by atoms with Gasteiger partial charge in [0.1, 0.15) is 0 Å². The minimum Gasteiger partial charge on any atom is -0.336 e. The second kappa shape index (κ2) is 7.64. The van der Waals surface area contributed by atoms with Crippen molar-refractivity contribution in [3.8, 4) is 0 Å². The highest BCUT2D eigenvalue weighted by molar-refractivity contribution is 7.10. The van der Waals surface area contributed by atoms with Crippen molar-refractivity contribution in [3.05, 3.63) is 22.4 Å². The average molecular weight is 337 g/mol. The smallest absolute Gasteiger partial charge is 0.315 e. The van der Waals surface area contributed by atoms with Crippen LogP contribution < -0.4 is 10.6 Å². The van der Waals surface area contributed by atoms with Gasteiger partial charge in [-0.25, -0.2) is 4.79 Å². The van der Waals surface area contributed by atoms with E-state index in [1.54, 1.807) is 11.3 Å². The summed E-state index contributed by atoms with van der Waals surface area (Å²) in [5.74, 6) is 0. The van der Waals surface area contributed by atoms with E-state index < -0.39 is 0 Å². The lowest BCUT2D eigenvalue weighted by Crippen LogP contribution is -2.50. The summed E-state index contributed by atoms with van der Waals surface area (Å²) in [4.78, 5) is 18.3. The molecule has 0 aromatic carbocycles. The number of likely N-dealkylation sites (N-methyl/N-ethyl adjacent to an activating group) is 1. The van der Waals surface area contributed by atoms with Gasteiger partial charge in [-0.05, 0) is 51.3 Å². The lowest BCUT2D eigenvalue weighted by atomic mass is 9.99. The van der Waals surface area contributed by atoms with E-state index in [9.17, 15) is 4.79 Å². The van der Waals surface area contributed by atoms with Gasteiger partial charge in [0.25, 0.3) is 0 Å². The standard InChI is InChI=1S/C17H28N4OS/c1-20(2)15(16-7-5-11-23-16)12-18-17(22)19-13-8-10-21-9-4-3-6-14(13)21/h5,7,11,13-15H,3-4,6,8-10,12H2,1-2H3,(H2,18,19,22)/t13-,14+,15-/m1/s1. The maximum Gasteiger partial charge on any atom is 0.315 e. The van der Waals surface area contributed by atoms with E-state index in [2.05, 4.69) is 52.0 Å². The van der Waals surface area contributed by atoms with Crippen molar-refractivity contribution in [2.24, 2.45) is 0 Å². The topological polar surface area (TPSA) is 47.6 Å². The molecule has 128 valence electrons. The highest BCUT2D eigenvalue weighted by Crippen LogP contribution is 2.27. The quantitative estimate of drug-likeness (QED) is 0.867. The molecule has 0 saturated carbocycles. The molecule has 3 rings (SSSR count). The van der Waals surface area contributed by atoms with Crippen molar-refractivity contribution in [1.82, 2.24) is 20.4 Å². The Hall–Kier alpha value is -1.11. The number of rotatable bonds is 5. The summed E-state index contributed by atoms with van der Waals surface area (Å²) in [6, 6.07) is 5.27. The van der Waals surface area contributed by atoms with Gasteiger partial charge in [-0.1, -0.05) is 12.5 Å². The summed E-state index contributed by atoms with van der Waals surface area (Å²) in [7, 11) is 4.11. The molecule has 6 heteroatoms. The predicted octanol–water partition coefficient (Wildman–Crippen LogP) is 2.28. The molecule has 23 heavy (non-hydrogen) atoms. The van der Waals surface area contributed by atoms with E-state index in [1.807, 2.05) is 0 Å². The van der Waals surface area contributed by atoms with Gasteiger partial charge in [0, 0.05) is 30.1 Å². The minimum absolute atomic E-state index is 0.0224. The van der Waals surface area contributed by atoms with E-state index in [4.69, 9.17) is 0 Å². The van der Waals surface area contributed by atoms with Gasteiger partial charge < -0.3 is 15.5 Å². The Morgan fingerprint density at radius 3 is 3.00 bits per heavy atom. The first-order chi connectivity index (χ1) is 11.1. The zero-order valence-electron chi connectivity index (χ0n) is 14.1. The van der Waals surface area contributed by atoms with Crippen LogP contribution in [-0.4, -0.2) is 61.6 Å². The van der Waals surface area contributed by atoms with Crippen LogP contribution in [0.3, 0.4) is 0 Å². The molecule has 2 fully saturated rings. The van der Waals surface area contributed by atoms with Gasteiger partial charge in [-0.15, -0.1) is 11.3 Å². The van der Waals surface area contributed by atoms with Crippen LogP contribution in [0.2, 0.25) is 0 Å². The number of hydrogen-bond acceptors (Lipinski definition) is 4. The predicted molar refractivity (Wildman–Crippen MR) is 94.9 cm³/mol. The number of nitrogens with zero attached hydrogens (tertiary/aromatic N) is 2. The fraction of sp³-hybridized carbons (Fsp3) is 0.706. The second-order valence-corrected chi connectivity index (χ2v) is 7.82. The highest BCUT2D eigenvalue weighted by atomic mass is 32.1. The maximum absolute atomic E-state index is 12.3. The number of carbonyl (C=O) groups is 1. The van der Waals surface area contributed by atoms with Crippen molar-refractivity contribution in [2.75, 3.05) is 33.7 Å². The number of nitrogens with one attached hydrogen (secondary N) is 2. The maximum atomic E-state index is 12.3. The van der Waals surface area contributed by atoms with E-state index in [0.29, 0.717) is 18.6 Å².